The Morgan fingerprint density at radius 3 is 2.69 bits per heavy atom. The molecule has 4 aromatic rings. The summed E-state index contributed by atoms with van der Waals surface area (Å²) in [5.41, 5.74) is 5.53. The summed E-state index contributed by atoms with van der Waals surface area (Å²) in [4.78, 5) is 20.0. The first kappa shape index (κ1) is 18.7. The van der Waals surface area contributed by atoms with Crippen LogP contribution in [0.4, 0.5) is 0 Å². The summed E-state index contributed by atoms with van der Waals surface area (Å²) in [5, 5.41) is 23.4. The maximum Gasteiger partial charge on any atom is 0.271 e. The Balaban J connectivity index is 1.53. The van der Waals surface area contributed by atoms with Gasteiger partial charge in [0.15, 0.2) is 0 Å². The smallest absolute Gasteiger partial charge is 0.271 e. The number of imidazole rings is 1. The molecule has 0 saturated heterocycles. The van der Waals surface area contributed by atoms with Gasteiger partial charge in [-0.15, -0.1) is 0 Å². The molecule has 0 fully saturated rings. The predicted molar refractivity (Wildman–Crippen MR) is 114 cm³/mol. The van der Waals surface area contributed by atoms with Gasteiger partial charge in [-0.05, 0) is 70.0 Å². The summed E-state index contributed by atoms with van der Waals surface area (Å²) >= 11 is 3.23. The van der Waals surface area contributed by atoms with Crippen LogP contribution in [0, 0.1) is 0 Å². The molecule has 1 aromatic heterocycles. The highest BCUT2D eigenvalue weighted by Gasteiger charge is 2.11. The second kappa shape index (κ2) is 7.76. The molecule has 29 heavy (non-hydrogen) atoms. The number of fused-ring (bicyclic) bond motifs is 1. The molecule has 7 nitrogen and oxygen atoms in total. The fraction of sp³-hybridized carbons (Fsp3) is 0. The van der Waals surface area contributed by atoms with Gasteiger partial charge in [0.05, 0.1) is 27.3 Å². The molecule has 1 amide bonds. The lowest BCUT2D eigenvalue weighted by molar-refractivity contribution is 0.0955. The number of H-pyrrole nitrogens is 1. The number of para-hydroxylation sites is 1. The quantitative estimate of drug-likeness (QED) is 0.276. The third-order valence-corrected chi connectivity index (χ3v) is 4.89. The van der Waals surface area contributed by atoms with E-state index in [4.69, 9.17) is 0 Å². The Kier molecular flexibility index (Phi) is 5.01. The van der Waals surface area contributed by atoms with Gasteiger partial charge < -0.3 is 15.2 Å². The van der Waals surface area contributed by atoms with Gasteiger partial charge in [-0.25, -0.2) is 10.4 Å². The minimum absolute atomic E-state index is 0.125. The normalized spacial score (nSPS) is 11.2. The molecule has 3 aromatic carbocycles. The van der Waals surface area contributed by atoms with Crippen LogP contribution in [0.2, 0.25) is 0 Å². The molecule has 4 rings (SSSR count). The van der Waals surface area contributed by atoms with Crippen LogP contribution in [-0.2, 0) is 0 Å². The van der Waals surface area contributed by atoms with Gasteiger partial charge in [0, 0.05) is 5.56 Å². The zero-order valence-electron chi connectivity index (χ0n) is 14.9. The molecule has 8 heteroatoms. The largest absolute Gasteiger partial charge is 0.507 e. The Labute approximate surface area is 173 Å². The monoisotopic (exact) mass is 450 g/mol. The molecule has 0 aliphatic rings. The number of aromatic amines is 1. The number of benzene rings is 3. The topological polar surface area (TPSA) is 111 Å². The van der Waals surface area contributed by atoms with E-state index in [-0.39, 0.29) is 17.4 Å². The number of hydrazone groups is 1. The Morgan fingerprint density at radius 1 is 1.07 bits per heavy atom. The number of carbonyl (C=O) groups excluding carboxylic acids is 1. The molecular weight excluding hydrogens is 436 g/mol. The van der Waals surface area contributed by atoms with Crippen molar-refractivity contribution < 1.29 is 15.0 Å². The van der Waals surface area contributed by atoms with Crippen molar-refractivity contribution in [1.29, 1.82) is 0 Å². The van der Waals surface area contributed by atoms with Crippen molar-refractivity contribution in [3.05, 3.63) is 76.3 Å². The minimum atomic E-state index is -0.375. The average molecular weight is 451 g/mol. The molecular formula is C21H15BrN4O3. The number of carbonyl (C=O) groups is 1. The fourth-order valence-electron chi connectivity index (χ4n) is 2.79. The zero-order chi connectivity index (χ0) is 20.4. The van der Waals surface area contributed by atoms with Crippen LogP contribution >= 0.6 is 15.9 Å². The van der Waals surface area contributed by atoms with Gasteiger partial charge in [0.25, 0.3) is 5.91 Å². The molecule has 0 unspecified atom stereocenters. The van der Waals surface area contributed by atoms with Crippen molar-refractivity contribution >= 4 is 39.1 Å². The Hall–Kier alpha value is -3.65. The molecule has 0 saturated carbocycles. The second-order valence-electron chi connectivity index (χ2n) is 6.24. The SMILES string of the molecule is O=C(N/N=C/c1ccc(O)c(Br)c1)c1ccc2nc(-c3ccccc3O)[nH]c2c1. The molecule has 0 atom stereocenters. The maximum atomic E-state index is 12.4. The summed E-state index contributed by atoms with van der Waals surface area (Å²) in [6, 6.07) is 16.8. The summed E-state index contributed by atoms with van der Waals surface area (Å²) in [5.74, 6) is 0.397. The van der Waals surface area contributed by atoms with Crippen molar-refractivity contribution in [3.8, 4) is 22.9 Å². The standard InChI is InChI=1S/C21H15BrN4O3/c22-15-9-12(5-8-19(15)28)11-23-26-21(29)13-6-7-16-17(10-13)25-20(24-16)14-3-1-2-4-18(14)27/h1-11,27-28H,(H,24,25)(H,26,29)/b23-11+. The van der Waals surface area contributed by atoms with E-state index in [1.807, 2.05) is 6.07 Å². The molecule has 0 bridgehead atoms. The van der Waals surface area contributed by atoms with Crippen LogP contribution in [0.3, 0.4) is 0 Å². The van der Waals surface area contributed by atoms with Crippen molar-refractivity contribution in [2.45, 2.75) is 0 Å². The van der Waals surface area contributed by atoms with Crippen LogP contribution in [0.15, 0.2) is 70.2 Å². The van der Waals surface area contributed by atoms with Crippen LogP contribution in [0.5, 0.6) is 11.5 Å². The predicted octanol–water partition coefficient (Wildman–Crippen LogP) is 4.17. The van der Waals surface area contributed by atoms with Crippen LogP contribution in [-0.4, -0.2) is 32.3 Å². The molecule has 0 aliphatic heterocycles. The summed E-state index contributed by atoms with van der Waals surface area (Å²) in [6.45, 7) is 0. The van der Waals surface area contributed by atoms with Gasteiger partial charge in [-0.1, -0.05) is 12.1 Å². The van der Waals surface area contributed by atoms with Gasteiger partial charge >= 0.3 is 0 Å². The maximum absolute atomic E-state index is 12.4. The lowest BCUT2D eigenvalue weighted by atomic mass is 10.2. The molecule has 1 heterocycles. The van der Waals surface area contributed by atoms with Crippen molar-refractivity contribution in [3.63, 3.8) is 0 Å². The molecule has 4 N–H and O–H groups in total. The summed E-state index contributed by atoms with van der Waals surface area (Å²) in [6.07, 6.45) is 1.48. The highest BCUT2D eigenvalue weighted by Crippen LogP contribution is 2.28. The van der Waals surface area contributed by atoms with Gasteiger partial charge in [0.1, 0.15) is 17.3 Å². The van der Waals surface area contributed by atoms with E-state index in [2.05, 4.69) is 36.4 Å². The number of amides is 1. The van der Waals surface area contributed by atoms with Crippen LogP contribution in [0.1, 0.15) is 15.9 Å². The molecule has 144 valence electrons. The fourth-order valence-corrected chi connectivity index (χ4v) is 3.18. The van der Waals surface area contributed by atoms with Crippen molar-refractivity contribution in [2.24, 2.45) is 5.10 Å². The van der Waals surface area contributed by atoms with E-state index in [1.54, 1.807) is 48.5 Å². The van der Waals surface area contributed by atoms with Crippen LogP contribution < -0.4 is 5.43 Å². The number of nitrogens with zero attached hydrogens (tertiary/aromatic N) is 2. The number of phenols is 2. The van der Waals surface area contributed by atoms with E-state index >= 15 is 0 Å². The number of phenolic OH excluding ortho intramolecular Hbond substituents is 2. The number of aromatic nitrogens is 2. The molecule has 0 radical (unpaired) electrons. The number of hydrogen-bond donors (Lipinski definition) is 4. The first-order valence-electron chi connectivity index (χ1n) is 8.61. The summed E-state index contributed by atoms with van der Waals surface area (Å²) < 4.78 is 0.540. The van der Waals surface area contributed by atoms with E-state index in [1.165, 1.54) is 12.3 Å². The van der Waals surface area contributed by atoms with Crippen molar-refractivity contribution in [2.75, 3.05) is 0 Å². The number of rotatable bonds is 4. The molecule has 0 aliphatic carbocycles. The van der Waals surface area contributed by atoms with Crippen LogP contribution in [0.25, 0.3) is 22.4 Å². The summed E-state index contributed by atoms with van der Waals surface area (Å²) in [7, 11) is 0. The zero-order valence-corrected chi connectivity index (χ0v) is 16.5. The first-order valence-corrected chi connectivity index (χ1v) is 9.40. The number of nitrogens with one attached hydrogen (secondary N) is 2. The number of halogens is 1. The van der Waals surface area contributed by atoms with E-state index < -0.39 is 0 Å². The number of aromatic hydroxyl groups is 2. The highest BCUT2D eigenvalue weighted by atomic mass is 79.9. The van der Waals surface area contributed by atoms with Crippen molar-refractivity contribution in [1.82, 2.24) is 15.4 Å². The number of hydrogen-bond acceptors (Lipinski definition) is 5. The lowest BCUT2D eigenvalue weighted by Crippen LogP contribution is -2.17. The average Bonchev–Trinajstić information content (AvgIpc) is 3.14. The lowest BCUT2D eigenvalue weighted by Gasteiger charge is -2.01. The van der Waals surface area contributed by atoms with E-state index in [9.17, 15) is 15.0 Å². The minimum Gasteiger partial charge on any atom is -0.507 e. The first-order chi connectivity index (χ1) is 14.0. The van der Waals surface area contributed by atoms with Gasteiger partial charge in [-0.3, -0.25) is 4.79 Å². The second-order valence-corrected chi connectivity index (χ2v) is 7.10. The Bertz CT molecular complexity index is 1250. The molecule has 0 spiro atoms. The third-order valence-electron chi connectivity index (χ3n) is 4.25. The highest BCUT2D eigenvalue weighted by molar-refractivity contribution is 9.10. The van der Waals surface area contributed by atoms with Gasteiger partial charge in [0.2, 0.25) is 0 Å². The van der Waals surface area contributed by atoms with E-state index in [0.717, 1.165) is 0 Å². The van der Waals surface area contributed by atoms with E-state index in [0.29, 0.717) is 38.0 Å². The van der Waals surface area contributed by atoms with Gasteiger partial charge in [-0.2, -0.15) is 5.10 Å². The Morgan fingerprint density at radius 2 is 1.90 bits per heavy atom. The third kappa shape index (κ3) is 3.97.